The second kappa shape index (κ2) is 5.30. The Bertz CT molecular complexity index is 650. The Balaban J connectivity index is 1.50. The number of thiazole rings is 1. The number of carbonyl (C=O) groups is 1. The number of nitrogens with zero attached hydrogens (tertiary/aromatic N) is 2. The van der Waals surface area contributed by atoms with E-state index < -0.39 is 0 Å². The van der Waals surface area contributed by atoms with Crippen molar-refractivity contribution in [3.05, 3.63) is 35.1 Å². The zero-order chi connectivity index (χ0) is 14.2. The highest BCUT2D eigenvalue weighted by Gasteiger charge is 2.26. The van der Waals surface area contributed by atoms with Gasteiger partial charge in [-0.15, -0.1) is 11.3 Å². The van der Waals surface area contributed by atoms with Gasteiger partial charge in [0.1, 0.15) is 5.69 Å². The van der Waals surface area contributed by atoms with Gasteiger partial charge in [0.15, 0.2) is 5.13 Å². The second-order valence-corrected chi connectivity index (χ2v) is 7.10. The molecule has 2 aromatic rings. The third-order valence-electron chi connectivity index (χ3n) is 4.45. The third-order valence-corrected chi connectivity index (χ3v) is 5.53. The van der Waals surface area contributed by atoms with E-state index in [4.69, 9.17) is 0 Å². The Kier molecular flexibility index (Phi) is 3.30. The van der Waals surface area contributed by atoms with Crippen LogP contribution in [0.2, 0.25) is 0 Å². The van der Waals surface area contributed by atoms with Crippen molar-refractivity contribution in [2.45, 2.75) is 50.5 Å². The van der Waals surface area contributed by atoms with Crippen LogP contribution in [0.4, 0.5) is 5.13 Å². The molecule has 0 saturated heterocycles. The molecule has 2 aliphatic carbocycles. The van der Waals surface area contributed by atoms with E-state index in [1.807, 2.05) is 24.5 Å². The van der Waals surface area contributed by atoms with Crippen LogP contribution in [0, 0.1) is 0 Å². The van der Waals surface area contributed by atoms with Crippen molar-refractivity contribution >= 4 is 22.4 Å². The smallest absolute Gasteiger partial charge is 0.274 e. The third kappa shape index (κ3) is 2.62. The van der Waals surface area contributed by atoms with Gasteiger partial charge in [-0.1, -0.05) is 12.8 Å². The summed E-state index contributed by atoms with van der Waals surface area (Å²) in [6.45, 7) is 0. The fourth-order valence-corrected chi connectivity index (χ4v) is 4.13. The van der Waals surface area contributed by atoms with Crippen molar-refractivity contribution in [2.75, 3.05) is 5.32 Å². The monoisotopic (exact) mass is 301 g/mol. The second-order valence-electron chi connectivity index (χ2n) is 6.04. The van der Waals surface area contributed by atoms with E-state index in [1.165, 1.54) is 43.4 Å². The van der Waals surface area contributed by atoms with Gasteiger partial charge in [-0.25, -0.2) is 4.98 Å². The van der Waals surface area contributed by atoms with Gasteiger partial charge in [0.2, 0.25) is 0 Å². The number of hydrogen-bond donors (Lipinski definition) is 1. The molecule has 0 aliphatic heterocycles. The van der Waals surface area contributed by atoms with Crippen LogP contribution in [-0.2, 0) is 0 Å². The van der Waals surface area contributed by atoms with E-state index in [0.717, 1.165) is 10.8 Å². The molecule has 2 aromatic heterocycles. The fraction of sp³-hybridized carbons (Fsp3) is 0.500. The lowest BCUT2D eigenvalue weighted by molar-refractivity contribution is 0.101. The van der Waals surface area contributed by atoms with Gasteiger partial charge in [0.25, 0.3) is 5.91 Å². The van der Waals surface area contributed by atoms with E-state index in [0.29, 0.717) is 12.0 Å². The number of anilines is 1. The molecule has 0 radical (unpaired) electrons. The fourth-order valence-electron chi connectivity index (χ4n) is 3.15. The average molecular weight is 301 g/mol. The summed E-state index contributed by atoms with van der Waals surface area (Å²) in [5, 5.41) is 3.68. The molecule has 2 aliphatic rings. The molecule has 110 valence electrons. The molecule has 4 rings (SSSR count). The highest BCUT2D eigenvalue weighted by atomic mass is 32.1. The zero-order valence-electron chi connectivity index (χ0n) is 11.9. The number of nitrogens with one attached hydrogen (secondary N) is 1. The minimum absolute atomic E-state index is 0.0383. The number of hydrogen-bond acceptors (Lipinski definition) is 3. The first-order valence-corrected chi connectivity index (χ1v) is 8.57. The molecule has 5 heteroatoms. The van der Waals surface area contributed by atoms with Crippen molar-refractivity contribution in [1.82, 2.24) is 9.55 Å². The summed E-state index contributed by atoms with van der Waals surface area (Å²) < 4.78 is 2.14. The van der Waals surface area contributed by atoms with Crippen LogP contribution in [0.15, 0.2) is 24.5 Å². The largest absolute Gasteiger partial charge is 0.340 e. The maximum atomic E-state index is 12.5. The molecule has 1 N–H and O–H groups in total. The molecule has 2 fully saturated rings. The molecular formula is C16H19N3OS. The van der Waals surface area contributed by atoms with Crippen molar-refractivity contribution in [3.8, 4) is 0 Å². The van der Waals surface area contributed by atoms with Crippen molar-refractivity contribution in [1.29, 1.82) is 0 Å². The number of amides is 1. The zero-order valence-corrected chi connectivity index (χ0v) is 12.7. The Morgan fingerprint density at radius 3 is 2.86 bits per heavy atom. The molecule has 4 nitrogen and oxygen atoms in total. The number of carbonyl (C=O) groups excluding carboxylic acids is 1. The quantitative estimate of drug-likeness (QED) is 0.920. The summed E-state index contributed by atoms with van der Waals surface area (Å²) >= 11 is 1.61. The van der Waals surface area contributed by atoms with Gasteiger partial charge in [-0.05, 0) is 43.7 Å². The molecule has 2 heterocycles. The highest BCUT2D eigenvalue weighted by molar-refractivity contribution is 7.15. The minimum atomic E-state index is -0.0383. The Hall–Kier alpha value is -1.62. The van der Waals surface area contributed by atoms with Gasteiger partial charge in [0, 0.05) is 23.3 Å². The number of aromatic nitrogens is 2. The molecular weight excluding hydrogens is 282 g/mol. The summed E-state index contributed by atoms with van der Waals surface area (Å²) in [7, 11) is 0. The van der Waals surface area contributed by atoms with Crippen molar-refractivity contribution < 1.29 is 4.79 Å². The first kappa shape index (κ1) is 13.1. The maximum absolute atomic E-state index is 12.5. The maximum Gasteiger partial charge on any atom is 0.274 e. The van der Waals surface area contributed by atoms with Crippen LogP contribution in [0.3, 0.4) is 0 Å². The summed E-state index contributed by atoms with van der Waals surface area (Å²) in [6.07, 6.45) is 11.4. The van der Waals surface area contributed by atoms with E-state index >= 15 is 0 Å². The van der Waals surface area contributed by atoms with Crippen molar-refractivity contribution in [2.24, 2.45) is 0 Å². The molecule has 1 amide bonds. The first-order chi connectivity index (χ1) is 10.3. The topological polar surface area (TPSA) is 46.9 Å². The Labute approximate surface area is 128 Å². The van der Waals surface area contributed by atoms with E-state index in [2.05, 4.69) is 14.9 Å². The molecule has 0 atom stereocenters. The lowest BCUT2D eigenvalue weighted by atomic mass is 10.2. The van der Waals surface area contributed by atoms with Gasteiger partial charge in [0.05, 0.1) is 0 Å². The Morgan fingerprint density at radius 2 is 2.10 bits per heavy atom. The van der Waals surface area contributed by atoms with Crippen LogP contribution < -0.4 is 5.32 Å². The molecule has 21 heavy (non-hydrogen) atoms. The Morgan fingerprint density at radius 1 is 1.29 bits per heavy atom. The number of rotatable bonds is 4. The lowest BCUT2D eigenvalue weighted by Gasteiger charge is -2.15. The van der Waals surface area contributed by atoms with Gasteiger partial charge < -0.3 is 4.57 Å². The molecule has 0 aromatic carbocycles. The van der Waals surface area contributed by atoms with E-state index in [1.54, 1.807) is 11.3 Å². The van der Waals surface area contributed by atoms with Crippen LogP contribution in [0.5, 0.6) is 0 Å². The molecule has 0 bridgehead atoms. The predicted octanol–water partition coefficient (Wildman–Crippen LogP) is 4.19. The normalized spacial score (nSPS) is 19.0. The van der Waals surface area contributed by atoms with E-state index in [-0.39, 0.29) is 5.91 Å². The van der Waals surface area contributed by atoms with Crippen LogP contribution >= 0.6 is 11.3 Å². The van der Waals surface area contributed by atoms with E-state index in [9.17, 15) is 4.79 Å². The predicted molar refractivity (Wildman–Crippen MR) is 84.0 cm³/mol. The summed E-state index contributed by atoms with van der Waals surface area (Å²) in [5.41, 5.74) is 0.755. The summed E-state index contributed by atoms with van der Waals surface area (Å²) in [6, 6.07) is 4.35. The standard InChI is InChI=1S/C16H19N3OS/c20-15(18-16-17-10-14(21-16)11-7-8-11)13-6-3-9-19(13)12-4-1-2-5-12/h3,6,9-12H,1-2,4-5,7-8H2,(H,17,18,20). The molecule has 0 unspecified atom stereocenters. The highest BCUT2D eigenvalue weighted by Crippen LogP contribution is 2.43. The molecule has 2 saturated carbocycles. The minimum Gasteiger partial charge on any atom is -0.340 e. The molecule has 0 spiro atoms. The summed E-state index contributed by atoms with van der Waals surface area (Å²) in [4.78, 5) is 18.1. The van der Waals surface area contributed by atoms with Gasteiger partial charge in [-0.2, -0.15) is 0 Å². The van der Waals surface area contributed by atoms with Crippen molar-refractivity contribution in [3.63, 3.8) is 0 Å². The average Bonchev–Trinajstić information content (AvgIpc) is 2.94. The SMILES string of the molecule is O=C(Nc1ncc(C2CC2)s1)c1cccn1C1CCCC1. The summed E-state index contributed by atoms with van der Waals surface area (Å²) in [5.74, 6) is 0.652. The lowest BCUT2D eigenvalue weighted by Crippen LogP contribution is -2.18. The first-order valence-electron chi connectivity index (χ1n) is 7.75. The van der Waals surface area contributed by atoms with Crippen LogP contribution in [0.25, 0.3) is 0 Å². The van der Waals surface area contributed by atoms with Crippen LogP contribution in [0.1, 0.15) is 65.9 Å². The van der Waals surface area contributed by atoms with Gasteiger partial charge >= 0.3 is 0 Å². The van der Waals surface area contributed by atoms with Crippen LogP contribution in [-0.4, -0.2) is 15.5 Å². The van der Waals surface area contributed by atoms with Gasteiger partial charge in [-0.3, -0.25) is 10.1 Å².